The molecule has 2 amide bonds. The molecule has 25 heavy (non-hydrogen) atoms. The van der Waals surface area contributed by atoms with Crippen molar-refractivity contribution in [3.05, 3.63) is 33.8 Å². The molecule has 1 N–H and O–H groups in total. The first kappa shape index (κ1) is 20.3. The minimum atomic E-state index is -0.293. The van der Waals surface area contributed by atoms with Crippen LogP contribution in [0.4, 0.5) is 0 Å². The summed E-state index contributed by atoms with van der Waals surface area (Å²) in [5.74, 6) is -0.172. The van der Waals surface area contributed by atoms with Crippen molar-refractivity contribution in [3.63, 3.8) is 0 Å². The Morgan fingerprint density at radius 2 is 1.68 bits per heavy atom. The largest absolute Gasteiger partial charge is 0.378 e. The number of hydrogen-bond donors (Lipinski definition) is 1. The Morgan fingerprint density at radius 3 is 2.24 bits per heavy atom. The highest BCUT2D eigenvalue weighted by atomic mass is 35.5. The van der Waals surface area contributed by atoms with E-state index in [2.05, 4.69) is 5.32 Å². The predicted octanol–water partition coefficient (Wildman–Crippen LogP) is 1.69. The van der Waals surface area contributed by atoms with Crippen LogP contribution >= 0.6 is 35.6 Å². The van der Waals surface area contributed by atoms with E-state index in [1.807, 2.05) is 0 Å². The summed E-state index contributed by atoms with van der Waals surface area (Å²) in [6.07, 6.45) is 0. The van der Waals surface area contributed by atoms with Gasteiger partial charge in [0.1, 0.15) is 6.04 Å². The van der Waals surface area contributed by atoms with Gasteiger partial charge in [-0.3, -0.25) is 9.59 Å². The Kier molecular flexibility index (Phi) is 7.34. The lowest BCUT2D eigenvalue weighted by Gasteiger charge is -2.37. The van der Waals surface area contributed by atoms with Crippen LogP contribution in [0.3, 0.4) is 0 Å². The van der Waals surface area contributed by atoms with E-state index < -0.39 is 0 Å². The van der Waals surface area contributed by atoms with Crippen LogP contribution in [-0.4, -0.2) is 73.6 Å². The SMILES string of the molecule is Cl.O=C(c1c(Cl)cccc1Cl)N1CCN(C(=O)C2COCCN2)CC1. The molecule has 0 saturated carbocycles. The summed E-state index contributed by atoms with van der Waals surface area (Å²) in [6, 6.07) is 4.71. The van der Waals surface area contributed by atoms with Gasteiger partial charge in [-0.15, -0.1) is 12.4 Å². The smallest absolute Gasteiger partial charge is 0.257 e. The van der Waals surface area contributed by atoms with Crippen LogP contribution < -0.4 is 5.32 Å². The standard InChI is InChI=1S/C16H19Cl2N3O3.ClH/c17-11-2-1-3-12(18)14(11)16(23)21-7-5-20(6-8-21)15(22)13-10-24-9-4-19-13;/h1-3,13,19H,4-10H2;1H. The maximum Gasteiger partial charge on any atom is 0.257 e. The molecule has 6 nitrogen and oxygen atoms in total. The van der Waals surface area contributed by atoms with Crippen molar-refractivity contribution in [3.8, 4) is 0 Å². The predicted molar refractivity (Wildman–Crippen MR) is 98.8 cm³/mol. The number of halogens is 3. The van der Waals surface area contributed by atoms with Crippen molar-refractivity contribution in [2.45, 2.75) is 6.04 Å². The van der Waals surface area contributed by atoms with Gasteiger partial charge in [0.05, 0.1) is 28.8 Å². The van der Waals surface area contributed by atoms with Gasteiger partial charge in [0.25, 0.3) is 5.91 Å². The summed E-state index contributed by atoms with van der Waals surface area (Å²) in [4.78, 5) is 28.5. The third-order valence-corrected chi connectivity index (χ3v) is 4.90. The number of amides is 2. The molecule has 1 aromatic carbocycles. The van der Waals surface area contributed by atoms with E-state index in [9.17, 15) is 9.59 Å². The number of ether oxygens (including phenoxy) is 1. The fourth-order valence-corrected chi connectivity index (χ4v) is 3.49. The number of benzene rings is 1. The molecule has 9 heteroatoms. The number of nitrogens with zero attached hydrogens (tertiary/aromatic N) is 2. The molecule has 2 heterocycles. The maximum absolute atomic E-state index is 12.6. The van der Waals surface area contributed by atoms with Crippen LogP contribution in [0.2, 0.25) is 10.0 Å². The summed E-state index contributed by atoms with van der Waals surface area (Å²) >= 11 is 12.2. The van der Waals surface area contributed by atoms with Gasteiger partial charge in [0, 0.05) is 32.7 Å². The average Bonchev–Trinajstić information content (AvgIpc) is 2.62. The third-order valence-electron chi connectivity index (χ3n) is 4.27. The Labute approximate surface area is 162 Å². The summed E-state index contributed by atoms with van der Waals surface area (Å²) in [6.45, 7) is 3.60. The highest BCUT2D eigenvalue weighted by Crippen LogP contribution is 2.26. The van der Waals surface area contributed by atoms with Gasteiger partial charge in [-0.05, 0) is 12.1 Å². The normalized spacial score (nSPS) is 20.8. The molecule has 2 saturated heterocycles. The topological polar surface area (TPSA) is 61.9 Å². The number of hydrogen-bond acceptors (Lipinski definition) is 4. The molecule has 2 fully saturated rings. The first-order valence-corrected chi connectivity index (χ1v) is 8.66. The minimum absolute atomic E-state index is 0. The van der Waals surface area contributed by atoms with Crippen molar-refractivity contribution < 1.29 is 14.3 Å². The number of morpholine rings is 1. The zero-order chi connectivity index (χ0) is 17.1. The third kappa shape index (κ3) is 4.57. The summed E-state index contributed by atoms with van der Waals surface area (Å²) in [5.41, 5.74) is 0.322. The zero-order valence-electron chi connectivity index (χ0n) is 13.5. The Balaban J connectivity index is 0.00000225. The first-order chi connectivity index (χ1) is 11.6. The van der Waals surface area contributed by atoms with E-state index in [0.717, 1.165) is 0 Å². The minimum Gasteiger partial charge on any atom is -0.378 e. The molecule has 138 valence electrons. The Hall–Kier alpha value is -1.05. The molecule has 0 spiro atoms. The van der Waals surface area contributed by atoms with Crippen LogP contribution in [0.25, 0.3) is 0 Å². The van der Waals surface area contributed by atoms with E-state index in [1.54, 1.807) is 28.0 Å². The number of piperazine rings is 1. The number of carbonyl (C=O) groups excluding carboxylic acids is 2. The zero-order valence-corrected chi connectivity index (χ0v) is 15.9. The molecule has 1 atom stereocenters. The molecule has 1 unspecified atom stereocenters. The lowest BCUT2D eigenvalue weighted by molar-refractivity contribution is -0.137. The van der Waals surface area contributed by atoms with Crippen LogP contribution in [0.15, 0.2) is 18.2 Å². The second-order valence-electron chi connectivity index (χ2n) is 5.80. The van der Waals surface area contributed by atoms with Crippen molar-refractivity contribution in [1.29, 1.82) is 0 Å². The molecule has 2 aliphatic heterocycles. The molecule has 3 rings (SSSR count). The molecular weight excluding hydrogens is 389 g/mol. The fourth-order valence-electron chi connectivity index (χ4n) is 2.93. The lowest BCUT2D eigenvalue weighted by atomic mass is 10.1. The van der Waals surface area contributed by atoms with Gasteiger partial charge >= 0.3 is 0 Å². The summed E-state index contributed by atoms with van der Waals surface area (Å²) in [5, 5.41) is 3.84. The van der Waals surface area contributed by atoms with Crippen molar-refractivity contribution in [1.82, 2.24) is 15.1 Å². The molecule has 2 aliphatic rings. The first-order valence-electron chi connectivity index (χ1n) is 7.91. The Morgan fingerprint density at radius 1 is 1.08 bits per heavy atom. The average molecular weight is 409 g/mol. The number of nitrogens with one attached hydrogen (secondary N) is 1. The molecule has 0 aliphatic carbocycles. The lowest BCUT2D eigenvalue weighted by Crippen LogP contribution is -2.57. The summed E-state index contributed by atoms with van der Waals surface area (Å²) in [7, 11) is 0. The van der Waals surface area contributed by atoms with E-state index in [4.69, 9.17) is 27.9 Å². The van der Waals surface area contributed by atoms with Crippen molar-refractivity contribution in [2.24, 2.45) is 0 Å². The van der Waals surface area contributed by atoms with E-state index in [-0.39, 0.29) is 30.3 Å². The van der Waals surface area contributed by atoms with Crippen molar-refractivity contribution >= 4 is 47.4 Å². The van der Waals surface area contributed by atoms with Crippen LogP contribution in [0, 0.1) is 0 Å². The molecule has 1 aromatic rings. The molecule has 0 radical (unpaired) electrons. The quantitative estimate of drug-likeness (QED) is 0.809. The van der Waals surface area contributed by atoms with Crippen molar-refractivity contribution in [2.75, 3.05) is 45.9 Å². The van der Waals surface area contributed by atoms with Crippen LogP contribution in [-0.2, 0) is 9.53 Å². The van der Waals surface area contributed by atoms with Crippen LogP contribution in [0.1, 0.15) is 10.4 Å². The highest BCUT2D eigenvalue weighted by Gasteiger charge is 2.31. The second-order valence-corrected chi connectivity index (χ2v) is 6.61. The van der Waals surface area contributed by atoms with E-state index in [0.29, 0.717) is 61.5 Å². The molecular formula is C16H20Cl3N3O3. The van der Waals surface area contributed by atoms with Crippen LogP contribution in [0.5, 0.6) is 0 Å². The Bertz CT molecular complexity index is 610. The van der Waals surface area contributed by atoms with Gasteiger partial charge in [0.2, 0.25) is 5.91 Å². The van der Waals surface area contributed by atoms with E-state index in [1.165, 1.54) is 0 Å². The molecule has 0 aromatic heterocycles. The van der Waals surface area contributed by atoms with Gasteiger partial charge in [-0.2, -0.15) is 0 Å². The number of rotatable bonds is 2. The number of carbonyl (C=O) groups is 2. The fraction of sp³-hybridized carbons (Fsp3) is 0.500. The van der Waals surface area contributed by atoms with Gasteiger partial charge in [0.15, 0.2) is 0 Å². The van der Waals surface area contributed by atoms with Gasteiger partial charge in [-0.25, -0.2) is 0 Å². The monoisotopic (exact) mass is 407 g/mol. The van der Waals surface area contributed by atoms with E-state index >= 15 is 0 Å². The highest BCUT2D eigenvalue weighted by molar-refractivity contribution is 6.39. The second kappa shape index (κ2) is 9.05. The van der Waals surface area contributed by atoms with Gasteiger partial charge < -0.3 is 19.9 Å². The maximum atomic E-state index is 12.6. The van der Waals surface area contributed by atoms with Gasteiger partial charge in [-0.1, -0.05) is 29.3 Å². The molecule has 0 bridgehead atoms. The summed E-state index contributed by atoms with van der Waals surface area (Å²) < 4.78 is 5.33.